The summed E-state index contributed by atoms with van der Waals surface area (Å²) in [7, 11) is -0.544. The van der Waals surface area contributed by atoms with Crippen LogP contribution in [0.1, 0.15) is 32.0 Å². The molecule has 0 unspecified atom stereocenters. The molecule has 0 spiro atoms. The number of nitrogens with zero attached hydrogens (tertiary/aromatic N) is 5. The number of aryl methyl sites for hydroxylation is 2. The summed E-state index contributed by atoms with van der Waals surface area (Å²) >= 11 is 0. The van der Waals surface area contributed by atoms with E-state index in [2.05, 4.69) is 11.1 Å². The highest BCUT2D eigenvalue weighted by Gasteiger charge is 2.32. The summed E-state index contributed by atoms with van der Waals surface area (Å²) in [5, 5.41) is 8.94. The number of carbonyl (C=O) groups excluding carboxylic acids is 1. The summed E-state index contributed by atoms with van der Waals surface area (Å²) in [4.78, 5) is 19.0. The van der Waals surface area contributed by atoms with Gasteiger partial charge in [0.2, 0.25) is 15.9 Å². The quantitative estimate of drug-likeness (QED) is 0.625. The molecule has 0 atom stereocenters. The molecule has 1 aliphatic rings. The lowest BCUT2D eigenvalue weighted by atomic mass is 10.2. The first-order chi connectivity index (χ1) is 13.3. The Morgan fingerprint density at radius 2 is 2.07 bits per heavy atom. The van der Waals surface area contributed by atoms with E-state index < -0.39 is 10.0 Å². The van der Waals surface area contributed by atoms with Crippen LogP contribution < -0.4 is 0 Å². The number of amides is 1. The number of benzene rings is 1. The number of imidazole rings is 1. The second-order valence-electron chi connectivity index (χ2n) is 7.12. The molecule has 0 radical (unpaired) electrons. The van der Waals surface area contributed by atoms with Gasteiger partial charge in [0.1, 0.15) is 12.4 Å². The van der Waals surface area contributed by atoms with Crippen LogP contribution in [0.2, 0.25) is 0 Å². The fourth-order valence-corrected chi connectivity index (χ4v) is 4.24. The maximum Gasteiger partial charge on any atom is 0.242 e. The predicted octanol–water partition coefficient (Wildman–Crippen LogP) is 1.75. The van der Waals surface area contributed by atoms with Gasteiger partial charge in [-0.1, -0.05) is 0 Å². The number of fused-ring (bicyclic) bond motifs is 1. The van der Waals surface area contributed by atoms with Gasteiger partial charge < -0.3 is 9.47 Å². The molecule has 0 N–H and O–H groups in total. The molecule has 2 aromatic rings. The highest BCUT2D eigenvalue weighted by Crippen LogP contribution is 2.27. The average molecular weight is 404 g/mol. The van der Waals surface area contributed by atoms with Crippen LogP contribution in [0.5, 0.6) is 0 Å². The molecule has 3 rings (SSSR count). The molecule has 0 bridgehead atoms. The number of rotatable bonds is 8. The van der Waals surface area contributed by atoms with Gasteiger partial charge in [-0.3, -0.25) is 4.79 Å². The van der Waals surface area contributed by atoms with Crippen molar-refractivity contribution in [2.75, 3.05) is 20.6 Å². The van der Waals surface area contributed by atoms with Gasteiger partial charge in [-0.15, -0.1) is 0 Å². The van der Waals surface area contributed by atoms with E-state index >= 15 is 0 Å². The number of sulfonamides is 1. The molecular formula is C19H25N5O3S. The van der Waals surface area contributed by atoms with E-state index in [0.717, 1.165) is 24.2 Å². The molecule has 150 valence electrons. The summed E-state index contributed by atoms with van der Waals surface area (Å²) in [6, 6.07) is 7.20. The summed E-state index contributed by atoms with van der Waals surface area (Å²) in [6.45, 7) is 2.78. The summed E-state index contributed by atoms with van der Waals surface area (Å²) in [5.74, 6) is 0.715. The largest absolute Gasteiger partial charge is 0.328 e. The van der Waals surface area contributed by atoms with Crippen molar-refractivity contribution in [2.45, 2.75) is 50.1 Å². The van der Waals surface area contributed by atoms with Crippen molar-refractivity contribution in [2.24, 2.45) is 0 Å². The Labute approximate surface area is 165 Å². The van der Waals surface area contributed by atoms with Gasteiger partial charge in [-0.05, 0) is 38.0 Å². The van der Waals surface area contributed by atoms with E-state index in [-0.39, 0.29) is 29.8 Å². The normalized spacial score (nSPS) is 14.4. The van der Waals surface area contributed by atoms with Crippen LogP contribution in [-0.2, 0) is 27.8 Å². The number of hydrogen-bond donors (Lipinski definition) is 0. The molecule has 1 aromatic heterocycles. The minimum atomic E-state index is -3.53. The van der Waals surface area contributed by atoms with E-state index in [1.807, 2.05) is 11.5 Å². The third-order valence-electron chi connectivity index (χ3n) is 5.01. The highest BCUT2D eigenvalue weighted by molar-refractivity contribution is 7.89. The average Bonchev–Trinajstić information content (AvgIpc) is 3.43. The monoisotopic (exact) mass is 403 g/mol. The third-order valence-corrected chi connectivity index (χ3v) is 6.82. The zero-order valence-electron chi connectivity index (χ0n) is 16.4. The minimum absolute atomic E-state index is 0.0327. The molecule has 8 nitrogen and oxygen atoms in total. The topological polar surface area (TPSA) is 99.3 Å². The van der Waals surface area contributed by atoms with Crippen LogP contribution in [0, 0.1) is 11.3 Å². The van der Waals surface area contributed by atoms with Gasteiger partial charge in [-0.25, -0.2) is 17.7 Å². The first-order valence-electron chi connectivity index (χ1n) is 9.37. The first-order valence-corrected chi connectivity index (χ1v) is 10.8. The lowest BCUT2D eigenvalue weighted by Crippen LogP contribution is -2.33. The Balaban J connectivity index is 1.85. The van der Waals surface area contributed by atoms with Crippen molar-refractivity contribution in [3.63, 3.8) is 0 Å². The maximum absolute atomic E-state index is 12.5. The molecule has 28 heavy (non-hydrogen) atoms. The standard InChI is InChI=1S/C19H25N5O3S/c1-4-23-17-8-7-15(28(26,27)22(2)3)13-16(17)21-18(23)9-10-19(25)24(12-11-20)14-5-6-14/h7-8,13-14H,4-6,9-10,12H2,1-3H3. The summed E-state index contributed by atoms with van der Waals surface area (Å²) in [5.41, 5.74) is 1.45. The van der Waals surface area contributed by atoms with Crippen LogP contribution in [0.3, 0.4) is 0 Å². The lowest BCUT2D eigenvalue weighted by molar-refractivity contribution is -0.131. The maximum atomic E-state index is 12.5. The van der Waals surface area contributed by atoms with Gasteiger partial charge in [0.05, 0.1) is 22.0 Å². The smallest absolute Gasteiger partial charge is 0.242 e. The molecule has 1 heterocycles. The van der Waals surface area contributed by atoms with E-state index in [9.17, 15) is 13.2 Å². The van der Waals surface area contributed by atoms with Crippen molar-refractivity contribution >= 4 is 27.0 Å². The molecule has 1 aliphatic carbocycles. The minimum Gasteiger partial charge on any atom is -0.328 e. The predicted molar refractivity (Wildman–Crippen MR) is 105 cm³/mol. The number of nitriles is 1. The Bertz CT molecular complexity index is 1030. The molecule has 9 heteroatoms. The second-order valence-corrected chi connectivity index (χ2v) is 9.27. The summed E-state index contributed by atoms with van der Waals surface area (Å²) < 4.78 is 27.9. The van der Waals surface area contributed by atoms with Crippen LogP contribution in [0.25, 0.3) is 11.0 Å². The highest BCUT2D eigenvalue weighted by atomic mass is 32.2. The van der Waals surface area contributed by atoms with E-state index in [1.165, 1.54) is 18.4 Å². The van der Waals surface area contributed by atoms with Crippen LogP contribution in [0.15, 0.2) is 23.1 Å². The van der Waals surface area contributed by atoms with E-state index in [4.69, 9.17) is 5.26 Å². The number of hydrogen-bond acceptors (Lipinski definition) is 5. The fraction of sp³-hybridized carbons (Fsp3) is 0.526. The van der Waals surface area contributed by atoms with Crippen molar-refractivity contribution in [1.82, 2.24) is 18.8 Å². The van der Waals surface area contributed by atoms with Crippen molar-refractivity contribution in [3.05, 3.63) is 24.0 Å². The Morgan fingerprint density at radius 3 is 2.64 bits per heavy atom. The lowest BCUT2D eigenvalue weighted by Gasteiger charge is -2.18. The van der Waals surface area contributed by atoms with Crippen molar-refractivity contribution in [1.29, 1.82) is 5.26 Å². The molecule has 0 aliphatic heterocycles. The molecule has 1 aromatic carbocycles. The van der Waals surface area contributed by atoms with Gasteiger partial charge in [0, 0.05) is 39.5 Å². The van der Waals surface area contributed by atoms with Gasteiger partial charge in [-0.2, -0.15) is 5.26 Å². The van der Waals surface area contributed by atoms with Gasteiger partial charge in [0.25, 0.3) is 0 Å². The molecule has 1 fully saturated rings. The van der Waals surface area contributed by atoms with E-state index in [1.54, 1.807) is 23.1 Å². The molecule has 1 saturated carbocycles. The Hall–Kier alpha value is -2.44. The van der Waals surface area contributed by atoms with Crippen molar-refractivity contribution < 1.29 is 13.2 Å². The SMILES string of the molecule is CCn1c(CCC(=O)N(CC#N)C2CC2)nc2cc(S(=O)(=O)N(C)C)ccc21. The fourth-order valence-electron chi connectivity index (χ4n) is 3.32. The molecule has 0 saturated heterocycles. The first kappa shape index (κ1) is 20.3. The van der Waals surface area contributed by atoms with Crippen LogP contribution in [0.4, 0.5) is 0 Å². The van der Waals surface area contributed by atoms with Crippen molar-refractivity contribution in [3.8, 4) is 6.07 Å². The Morgan fingerprint density at radius 1 is 1.36 bits per heavy atom. The van der Waals surface area contributed by atoms with Crippen LogP contribution >= 0.6 is 0 Å². The number of aromatic nitrogens is 2. The number of carbonyl (C=O) groups is 1. The molecule has 1 amide bonds. The molecular weight excluding hydrogens is 378 g/mol. The Kier molecular flexibility index (Phi) is 5.72. The second kappa shape index (κ2) is 7.89. The van der Waals surface area contributed by atoms with E-state index in [0.29, 0.717) is 18.5 Å². The summed E-state index contributed by atoms with van der Waals surface area (Å²) in [6.07, 6.45) is 2.66. The van der Waals surface area contributed by atoms with Gasteiger partial charge in [0.15, 0.2) is 0 Å². The zero-order valence-corrected chi connectivity index (χ0v) is 17.2. The van der Waals surface area contributed by atoms with Crippen LogP contribution in [-0.4, -0.2) is 59.8 Å². The van der Waals surface area contributed by atoms with Gasteiger partial charge >= 0.3 is 0 Å². The third kappa shape index (κ3) is 3.88. The zero-order chi connectivity index (χ0) is 20.5.